The van der Waals surface area contributed by atoms with Crippen LogP contribution in [0.25, 0.3) is 21.5 Å². The van der Waals surface area contributed by atoms with Crippen LogP contribution in [0.4, 0.5) is 0 Å². The molecule has 0 N–H and O–H groups in total. The molecule has 0 bridgehead atoms. The molecule has 0 saturated heterocycles. The van der Waals surface area contributed by atoms with E-state index in [1.54, 1.807) is 5.30 Å². The summed E-state index contributed by atoms with van der Waals surface area (Å²) in [5, 5.41) is 8.70. The zero-order valence-electron chi connectivity index (χ0n) is 18.9. The van der Waals surface area contributed by atoms with E-state index in [9.17, 15) is 0 Å². The first-order valence-corrected chi connectivity index (χ1v) is 14.3. The Balaban J connectivity index is 0.000000545. The van der Waals surface area contributed by atoms with Crippen molar-refractivity contribution in [2.24, 2.45) is 0 Å². The van der Waals surface area contributed by atoms with Gasteiger partial charge in [-0.3, -0.25) is 0 Å². The first-order valence-electron chi connectivity index (χ1n) is 10.4. The largest absolute Gasteiger partial charge is 4.00 e. The molecule has 0 aliphatic heterocycles. The summed E-state index contributed by atoms with van der Waals surface area (Å²) >= 11 is 0. The summed E-state index contributed by atoms with van der Waals surface area (Å²) in [6, 6.07) is 26.7. The van der Waals surface area contributed by atoms with Gasteiger partial charge in [0, 0.05) is 0 Å². The van der Waals surface area contributed by atoms with Gasteiger partial charge in [0.2, 0.25) is 0 Å². The predicted molar refractivity (Wildman–Crippen MR) is 134 cm³/mol. The Morgan fingerprint density at radius 2 is 1.10 bits per heavy atom. The molecule has 0 atom stereocenters. The molecule has 0 unspecified atom stereocenters. The van der Waals surface area contributed by atoms with Gasteiger partial charge in [0.05, 0.1) is 0 Å². The topological polar surface area (TPSA) is 0 Å². The van der Waals surface area contributed by atoms with E-state index in [0.29, 0.717) is 0 Å². The van der Waals surface area contributed by atoms with E-state index in [4.69, 9.17) is 0 Å². The third kappa shape index (κ3) is 8.59. The Morgan fingerprint density at radius 3 is 1.52 bits per heavy atom. The van der Waals surface area contributed by atoms with Crippen LogP contribution >= 0.6 is 15.8 Å². The van der Waals surface area contributed by atoms with Crippen LogP contribution in [0.5, 0.6) is 0 Å². The average molecular weight is 525 g/mol. The number of fused-ring (bicyclic) bond motifs is 2. The van der Waals surface area contributed by atoms with Crippen molar-refractivity contribution in [3.63, 3.8) is 0 Å². The zero-order chi connectivity index (χ0) is 19.9. The quantitative estimate of drug-likeness (QED) is 0.203. The Morgan fingerprint density at radius 1 is 0.677 bits per heavy atom. The number of benzene rings is 2. The summed E-state index contributed by atoms with van der Waals surface area (Å²) in [4.78, 5) is 0. The van der Waals surface area contributed by atoms with Crippen LogP contribution < -0.4 is 35.4 Å². The van der Waals surface area contributed by atoms with Crippen molar-refractivity contribution in [1.82, 2.24) is 0 Å². The predicted octanol–water partition coefficient (Wildman–Crippen LogP) is 1.42. The Hall–Kier alpha value is -0.186. The fraction of sp³-hybridized carbons (Fsp3) is 0.308. The van der Waals surface area contributed by atoms with Crippen molar-refractivity contribution in [3.8, 4) is 0 Å². The molecule has 0 spiro atoms. The molecule has 4 aromatic carbocycles. The molecule has 0 amide bonds. The molecule has 0 heterocycles. The molecule has 31 heavy (non-hydrogen) atoms. The average Bonchev–Trinajstić information content (AvgIpc) is 3.32. The maximum absolute atomic E-state index is 2.41. The summed E-state index contributed by atoms with van der Waals surface area (Å²) in [6.07, 6.45) is 5.40. The van der Waals surface area contributed by atoms with Gasteiger partial charge in [-0.25, -0.2) is 0 Å². The summed E-state index contributed by atoms with van der Waals surface area (Å²) in [6.45, 7) is 9.19. The summed E-state index contributed by atoms with van der Waals surface area (Å²) in [7, 11) is 0.155. The van der Waals surface area contributed by atoms with Crippen molar-refractivity contribution in [3.05, 3.63) is 72.8 Å². The minimum Gasteiger partial charge on any atom is -1.00 e. The van der Waals surface area contributed by atoms with E-state index in [-0.39, 0.29) is 62.4 Å². The number of hydrogen-bond acceptors (Lipinski definition) is 0. The van der Waals surface area contributed by atoms with Crippen LogP contribution in [0, 0.1) is 0 Å². The summed E-state index contributed by atoms with van der Waals surface area (Å²) < 4.78 is 0. The second-order valence-electron chi connectivity index (χ2n) is 7.57. The Labute approximate surface area is 218 Å². The summed E-state index contributed by atoms with van der Waals surface area (Å²) in [5.74, 6) is 0. The molecule has 0 fully saturated rings. The second-order valence-corrected chi connectivity index (χ2v) is 12.4. The molecular formula is C26H32Cl2P2Ti. The van der Waals surface area contributed by atoms with Crippen LogP contribution in [-0.4, -0.2) is 25.7 Å². The number of rotatable bonds is 6. The van der Waals surface area contributed by atoms with Gasteiger partial charge in [0.25, 0.3) is 0 Å². The van der Waals surface area contributed by atoms with Gasteiger partial charge in [-0.05, 0) is 25.7 Å². The van der Waals surface area contributed by atoms with Gasteiger partial charge >= 0.3 is 21.7 Å². The third-order valence-electron chi connectivity index (χ3n) is 5.07. The standard InChI is InChI=1S/C15H20P.C11H12P.2ClH.Ti/c1-3-9-16(10-4-2)15-11-13-7-5-6-8-14(13)12-15;1-12(2)11-7-9-5-3-4-6-10(9)8-11;;;/h5-8,11-12H,3-4,9-10H2,1-2H3;3-8H,1-2H3;2*1H;/q2*-1;;;+4/p-2. The molecule has 0 nitrogen and oxygen atoms in total. The van der Waals surface area contributed by atoms with E-state index in [0.717, 1.165) is 0 Å². The molecule has 0 aromatic heterocycles. The molecule has 0 radical (unpaired) electrons. The second kappa shape index (κ2) is 15.6. The molecule has 0 aliphatic rings. The van der Waals surface area contributed by atoms with Crippen LogP contribution in [0.1, 0.15) is 26.7 Å². The van der Waals surface area contributed by atoms with Crippen molar-refractivity contribution in [2.75, 3.05) is 25.7 Å². The minimum absolute atomic E-state index is 0. The van der Waals surface area contributed by atoms with Crippen molar-refractivity contribution >= 4 is 48.0 Å². The van der Waals surface area contributed by atoms with E-state index < -0.39 is 0 Å². The minimum atomic E-state index is 0. The first-order chi connectivity index (χ1) is 13.6. The van der Waals surface area contributed by atoms with E-state index >= 15 is 0 Å². The van der Waals surface area contributed by atoms with Gasteiger partial charge in [0.1, 0.15) is 0 Å². The fourth-order valence-electron chi connectivity index (χ4n) is 3.62. The summed E-state index contributed by atoms with van der Waals surface area (Å²) in [5.41, 5.74) is 0. The monoisotopic (exact) mass is 524 g/mol. The zero-order valence-corrected chi connectivity index (χ0v) is 23.8. The number of halogens is 2. The SMILES string of the molecule is CCCP(CCC)c1cc2ccccc2[cH-]1.CP(C)c1cc2ccccc2[cH-]1.[Cl-].[Cl-].[Ti+4]. The van der Waals surface area contributed by atoms with Crippen LogP contribution in [0.2, 0.25) is 0 Å². The maximum Gasteiger partial charge on any atom is 4.00 e. The van der Waals surface area contributed by atoms with Gasteiger partial charge in [0.15, 0.2) is 0 Å². The van der Waals surface area contributed by atoms with Crippen molar-refractivity contribution in [2.45, 2.75) is 26.7 Å². The van der Waals surface area contributed by atoms with E-state index in [1.165, 1.54) is 52.0 Å². The molecule has 164 valence electrons. The third-order valence-corrected chi connectivity index (χ3v) is 9.33. The molecule has 0 saturated carbocycles. The molecule has 0 aliphatic carbocycles. The van der Waals surface area contributed by atoms with Gasteiger partial charge < -0.3 is 24.8 Å². The van der Waals surface area contributed by atoms with Crippen LogP contribution in [-0.2, 0) is 21.7 Å². The fourth-order valence-corrected chi connectivity index (χ4v) is 6.88. The van der Waals surface area contributed by atoms with E-state index in [2.05, 4.69) is 100.0 Å². The molecular weight excluding hydrogens is 493 g/mol. The van der Waals surface area contributed by atoms with Crippen LogP contribution in [0.15, 0.2) is 72.8 Å². The Bertz CT molecular complexity index is 935. The van der Waals surface area contributed by atoms with Gasteiger partial charge in [-0.2, -0.15) is 12.1 Å². The number of hydrogen-bond donors (Lipinski definition) is 0. The maximum atomic E-state index is 2.41. The van der Waals surface area contributed by atoms with Gasteiger partial charge in [-0.1, -0.05) is 46.7 Å². The smallest absolute Gasteiger partial charge is 1.00 e. The molecule has 5 heteroatoms. The van der Waals surface area contributed by atoms with Crippen LogP contribution in [0.3, 0.4) is 0 Å². The van der Waals surface area contributed by atoms with Gasteiger partial charge in [-0.15, -0.1) is 88.6 Å². The molecule has 4 aromatic rings. The normalized spacial score (nSPS) is 10.3. The molecule has 4 rings (SSSR count). The Kier molecular flexibility index (Phi) is 15.5. The first kappa shape index (κ1) is 30.8. The van der Waals surface area contributed by atoms with Crippen molar-refractivity contribution < 1.29 is 46.5 Å². The van der Waals surface area contributed by atoms with Crippen molar-refractivity contribution in [1.29, 1.82) is 0 Å². The van der Waals surface area contributed by atoms with E-state index in [1.807, 2.05) is 0 Å².